The highest BCUT2D eigenvalue weighted by Gasteiger charge is 2.33. The molecular weight excluding hydrogens is 309 g/mol. The number of hydrogen-bond donors (Lipinski definition) is 1. The molecule has 0 aliphatic heterocycles. The molecule has 1 aliphatic carbocycles. The Hall–Kier alpha value is -1.81. The Morgan fingerprint density at radius 2 is 1.91 bits per heavy atom. The number of halogens is 1. The third-order valence-electron chi connectivity index (χ3n) is 4.51. The minimum atomic E-state index is -0.290. The molecule has 4 heteroatoms. The van der Waals surface area contributed by atoms with E-state index in [-0.39, 0.29) is 28.9 Å². The molecule has 0 saturated heterocycles. The summed E-state index contributed by atoms with van der Waals surface area (Å²) in [5, 5.41) is 3.47. The molecule has 2 aromatic rings. The van der Waals surface area contributed by atoms with Gasteiger partial charge in [0.15, 0.2) is 0 Å². The molecule has 0 unspecified atom stereocenters. The predicted octanol–water partition coefficient (Wildman–Crippen LogP) is 4.07. The summed E-state index contributed by atoms with van der Waals surface area (Å²) in [6, 6.07) is 14.6. The minimum Gasteiger partial charge on any atom is -0.351 e. The standard InChI is InChI=1S/C19H20FNOS/c1-12(13-7-9-15(20)10-8-13)19(22)21-17-11-14-5-3-4-6-16(14)18(17)23-2/h3-10,12,17-18H,11H2,1-2H3,(H,21,22)/t12-,17-,18-/m0/s1. The van der Waals surface area contributed by atoms with Gasteiger partial charge < -0.3 is 5.32 Å². The van der Waals surface area contributed by atoms with Crippen molar-refractivity contribution in [2.45, 2.75) is 30.6 Å². The van der Waals surface area contributed by atoms with Gasteiger partial charge in [0.25, 0.3) is 0 Å². The van der Waals surface area contributed by atoms with E-state index in [0.29, 0.717) is 0 Å². The number of thioether (sulfide) groups is 1. The Balaban J connectivity index is 1.72. The molecule has 2 nitrogen and oxygen atoms in total. The summed E-state index contributed by atoms with van der Waals surface area (Å²) in [7, 11) is 0. The van der Waals surface area contributed by atoms with Crippen molar-refractivity contribution in [2.24, 2.45) is 0 Å². The number of rotatable bonds is 4. The van der Waals surface area contributed by atoms with Crippen LogP contribution in [-0.2, 0) is 11.2 Å². The first kappa shape index (κ1) is 16.1. The van der Waals surface area contributed by atoms with Crippen LogP contribution >= 0.6 is 11.8 Å². The molecule has 120 valence electrons. The van der Waals surface area contributed by atoms with Gasteiger partial charge in [0, 0.05) is 6.04 Å². The van der Waals surface area contributed by atoms with Crippen LogP contribution in [0.4, 0.5) is 4.39 Å². The van der Waals surface area contributed by atoms with Crippen LogP contribution < -0.4 is 5.32 Å². The second kappa shape index (κ2) is 6.75. The topological polar surface area (TPSA) is 29.1 Å². The number of fused-ring (bicyclic) bond motifs is 1. The van der Waals surface area contributed by atoms with Crippen molar-refractivity contribution in [3.63, 3.8) is 0 Å². The molecule has 0 bridgehead atoms. The van der Waals surface area contributed by atoms with Crippen LogP contribution in [0.2, 0.25) is 0 Å². The van der Waals surface area contributed by atoms with E-state index in [9.17, 15) is 9.18 Å². The molecule has 23 heavy (non-hydrogen) atoms. The number of carbonyl (C=O) groups excluding carboxylic acids is 1. The van der Waals surface area contributed by atoms with E-state index in [1.54, 1.807) is 23.9 Å². The Kier molecular flexibility index (Phi) is 4.71. The fourth-order valence-electron chi connectivity index (χ4n) is 3.19. The van der Waals surface area contributed by atoms with Crippen molar-refractivity contribution in [1.29, 1.82) is 0 Å². The third kappa shape index (κ3) is 3.27. The predicted molar refractivity (Wildman–Crippen MR) is 93.1 cm³/mol. The summed E-state index contributed by atoms with van der Waals surface area (Å²) in [5.74, 6) is -0.578. The van der Waals surface area contributed by atoms with E-state index in [2.05, 4.69) is 23.7 Å². The maximum absolute atomic E-state index is 13.0. The van der Waals surface area contributed by atoms with Crippen LogP contribution in [-0.4, -0.2) is 18.2 Å². The molecule has 0 fully saturated rings. The van der Waals surface area contributed by atoms with Crippen molar-refractivity contribution >= 4 is 17.7 Å². The molecule has 0 saturated carbocycles. The van der Waals surface area contributed by atoms with Crippen LogP contribution in [0.5, 0.6) is 0 Å². The lowest BCUT2D eigenvalue weighted by molar-refractivity contribution is -0.122. The highest BCUT2D eigenvalue weighted by molar-refractivity contribution is 7.98. The lowest BCUT2D eigenvalue weighted by Gasteiger charge is -2.22. The van der Waals surface area contributed by atoms with Crippen molar-refractivity contribution in [3.05, 3.63) is 71.0 Å². The molecule has 0 spiro atoms. The molecule has 1 aliphatic rings. The first-order chi connectivity index (χ1) is 11.1. The summed E-state index contributed by atoms with van der Waals surface area (Å²) >= 11 is 1.77. The maximum Gasteiger partial charge on any atom is 0.227 e. The molecule has 1 amide bonds. The molecule has 3 atom stereocenters. The Bertz CT molecular complexity index is 701. The van der Waals surface area contributed by atoms with Crippen molar-refractivity contribution in [3.8, 4) is 0 Å². The van der Waals surface area contributed by atoms with E-state index in [4.69, 9.17) is 0 Å². The normalized spacial score (nSPS) is 20.8. The molecule has 0 aromatic heterocycles. The van der Waals surface area contributed by atoms with Gasteiger partial charge in [-0.15, -0.1) is 0 Å². The number of benzene rings is 2. The van der Waals surface area contributed by atoms with Gasteiger partial charge in [0.2, 0.25) is 5.91 Å². The Labute approximate surface area is 140 Å². The second-order valence-electron chi connectivity index (χ2n) is 5.95. The van der Waals surface area contributed by atoms with Crippen molar-refractivity contribution in [1.82, 2.24) is 5.32 Å². The fourth-order valence-corrected chi connectivity index (χ4v) is 4.16. The first-order valence-electron chi connectivity index (χ1n) is 7.76. The Morgan fingerprint density at radius 3 is 2.61 bits per heavy atom. The number of nitrogens with one attached hydrogen (secondary N) is 1. The highest BCUT2D eigenvalue weighted by Crippen LogP contribution is 2.40. The molecule has 0 heterocycles. The molecule has 0 radical (unpaired) electrons. The van der Waals surface area contributed by atoms with Gasteiger partial charge in [-0.05, 0) is 48.4 Å². The van der Waals surface area contributed by atoms with Gasteiger partial charge in [-0.2, -0.15) is 11.8 Å². The SMILES string of the molecule is CS[C@H]1c2ccccc2C[C@@H]1NC(=O)[C@@H](C)c1ccc(F)cc1. The van der Waals surface area contributed by atoms with Gasteiger partial charge in [0.1, 0.15) is 5.82 Å². The van der Waals surface area contributed by atoms with Crippen molar-refractivity contribution in [2.75, 3.05) is 6.26 Å². The smallest absolute Gasteiger partial charge is 0.227 e. The molecule has 1 N–H and O–H groups in total. The van der Waals surface area contributed by atoms with Gasteiger partial charge in [-0.25, -0.2) is 4.39 Å². The van der Waals surface area contributed by atoms with E-state index >= 15 is 0 Å². The lowest BCUT2D eigenvalue weighted by atomic mass is 10.00. The number of hydrogen-bond acceptors (Lipinski definition) is 2. The fraction of sp³-hybridized carbons (Fsp3) is 0.316. The summed E-state index contributed by atoms with van der Waals surface area (Å²) in [4.78, 5) is 12.6. The summed E-state index contributed by atoms with van der Waals surface area (Å²) < 4.78 is 13.0. The summed E-state index contributed by atoms with van der Waals surface area (Å²) in [6.07, 6.45) is 2.94. The van der Waals surface area contributed by atoms with E-state index in [1.807, 2.05) is 19.1 Å². The van der Waals surface area contributed by atoms with Crippen LogP contribution in [0.25, 0.3) is 0 Å². The molecule has 2 aromatic carbocycles. The maximum atomic E-state index is 13.0. The largest absolute Gasteiger partial charge is 0.351 e. The minimum absolute atomic E-state index is 0.00605. The highest BCUT2D eigenvalue weighted by atomic mass is 32.2. The van der Waals surface area contributed by atoms with Gasteiger partial charge >= 0.3 is 0 Å². The van der Waals surface area contributed by atoms with Crippen LogP contribution in [0.15, 0.2) is 48.5 Å². The quantitative estimate of drug-likeness (QED) is 0.916. The van der Waals surface area contributed by atoms with Gasteiger partial charge in [0.05, 0.1) is 11.2 Å². The van der Waals surface area contributed by atoms with Crippen LogP contribution in [0.1, 0.15) is 34.8 Å². The summed E-state index contributed by atoms with van der Waals surface area (Å²) in [6.45, 7) is 1.86. The second-order valence-corrected chi connectivity index (χ2v) is 6.93. The average Bonchev–Trinajstić information content (AvgIpc) is 2.91. The van der Waals surface area contributed by atoms with E-state index in [1.165, 1.54) is 23.3 Å². The van der Waals surface area contributed by atoms with Crippen molar-refractivity contribution < 1.29 is 9.18 Å². The summed E-state index contributed by atoms with van der Waals surface area (Å²) in [5.41, 5.74) is 3.46. The average molecular weight is 329 g/mol. The number of amides is 1. The van der Waals surface area contributed by atoms with Gasteiger partial charge in [-0.3, -0.25) is 4.79 Å². The van der Waals surface area contributed by atoms with E-state index in [0.717, 1.165) is 12.0 Å². The first-order valence-corrected chi connectivity index (χ1v) is 9.05. The zero-order valence-electron chi connectivity index (χ0n) is 13.3. The van der Waals surface area contributed by atoms with Crippen LogP contribution in [0, 0.1) is 5.82 Å². The monoisotopic (exact) mass is 329 g/mol. The molecule has 3 rings (SSSR count). The zero-order chi connectivity index (χ0) is 16.4. The Morgan fingerprint density at radius 1 is 1.22 bits per heavy atom. The molecular formula is C19H20FNOS. The third-order valence-corrected chi connectivity index (χ3v) is 5.60. The number of carbonyl (C=O) groups is 1. The lowest BCUT2D eigenvalue weighted by Crippen LogP contribution is -2.39. The van der Waals surface area contributed by atoms with E-state index < -0.39 is 0 Å². The zero-order valence-corrected chi connectivity index (χ0v) is 14.1. The van der Waals surface area contributed by atoms with Crippen LogP contribution in [0.3, 0.4) is 0 Å². The van der Waals surface area contributed by atoms with Gasteiger partial charge in [-0.1, -0.05) is 36.4 Å².